The molecule has 6 heteroatoms. The molecule has 0 amide bonds. The lowest BCUT2D eigenvalue weighted by Gasteiger charge is -2.41. The molecule has 5 nitrogen and oxygen atoms in total. The Bertz CT molecular complexity index is 935. The van der Waals surface area contributed by atoms with E-state index in [0.717, 1.165) is 61.6 Å². The molecule has 0 unspecified atom stereocenters. The van der Waals surface area contributed by atoms with Gasteiger partial charge in [0.25, 0.3) is 0 Å². The Morgan fingerprint density at radius 2 is 1.88 bits per heavy atom. The molecular formula is C26H33ClN2O3. The molecule has 1 aliphatic heterocycles. The van der Waals surface area contributed by atoms with Crippen LogP contribution in [0.2, 0.25) is 5.02 Å². The Morgan fingerprint density at radius 1 is 1.19 bits per heavy atom. The van der Waals surface area contributed by atoms with Crippen molar-refractivity contribution in [2.24, 2.45) is 5.92 Å². The van der Waals surface area contributed by atoms with Crippen LogP contribution in [-0.2, 0) is 14.9 Å². The first-order valence-electron chi connectivity index (χ1n) is 11.6. The number of nitrogens with one attached hydrogen (secondary N) is 1. The van der Waals surface area contributed by atoms with Crippen LogP contribution >= 0.6 is 11.6 Å². The summed E-state index contributed by atoms with van der Waals surface area (Å²) in [4.78, 5) is 14.7. The van der Waals surface area contributed by atoms with Crippen LogP contribution in [0.15, 0.2) is 42.5 Å². The second-order valence-electron chi connectivity index (χ2n) is 9.49. The number of hydrogen-bond donors (Lipinski definition) is 2. The second kappa shape index (κ2) is 9.72. The summed E-state index contributed by atoms with van der Waals surface area (Å²) in [6.45, 7) is 6.96. The minimum Gasteiger partial charge on any atom is -0.481 e. The first-order valence-corrected chi connectivity index (χ1v) is 12.0. The molecule has 4 rings (SSSR count). The van der Waals surface area contributed by atoms with Crippen molar-refractivity contribution in [3.63, 3.8) is 0 Å². The summed E-state index contributed by atoms with van der Waals surface area (Å²) in [5, 5.41) is 14.2. The number of nitrogens with zero attached hydrogens (tertiary/aromatic N) is 1. The lowest BCUT2D eigenvalue weighted by Crippen LogP contribution is -2.43. The zero-order valence-electron chi connectivity index (χ0n) is 18.9. The van der Waals surface area contributed by atoms with Crippen molar-refractivity contribution >= 4 is 34.6 Å². The highest BCUT2D eigenvalue weighted by atomic mass is 35.5. The number of ether oxygens (including phenoxy) is 1. The summed E-state index contributed by atoms with van der Waals surface area (Å²) in [7, 11) is 0. The minimum atomic E-state index is -0.767. The molecular weight excluding hydrogens is 424 g/mol. The van der Waals surface area contributed by atoms with Crippen molar-refractivity contribution in [1.82, 2.24) is 0 Å². The normalized spacial score (nSPS) is 18.2. The highest BCUT2D eigenvalue weighted by molar-refractivity contribution is 6.30. The highest BCUT2D eigenvalue weighted by Gasteiger charge is 2.46. The van der Waals surface area contributed by atoms with Crippen LogP contribution in [0, 0.1) is 5.92 Å². The van der Waals surface area contributed by atoms with Crippen molar-refractivity contribution in [1.29, 1.82) is 0 Å². The molecule has 0 spiro atoms. The second-order valence-corrected chi connectivity index (χ2v) is 9.93. The Balaban J connectivity index is 1.76. The van der Waals surface area contributed by atoms with Crippen molar-refractivity contribution in [2.45, 2.75) is 57.4 Å². The SMILES string of the molecule is CC(C)CN(c1ccc(C2(C(=O)O)CCC2)cc1Nc1ccc(Cl)cc1)C1CCOCC1. The van der Waals surface area contributed by atoms with Gasteiger partial charge in [-0.25, -0.2) is 0 Å². The van der Waals surface area contributed by atoms with Crippen LogP contribution < -0.4 is 10.2 Å². The largest absolute Gasteiger partial charge is 0.481 e. The number of carboxylic acids is 1. The molecule has 1 saturated heterocycles. The number of hydrogen-bond acceptors (Lipinski definition) is 4. The minimum absolute atomic E-state index is 0.403. The van der Waals surface area contributed by atoms with E-state index < -0.39 is 11.4 Å². The molecule has 1 saturated carbocycles. The number of rotatable bonds is 8. The molecule has 2 N–H and O–H groups in total. The van der Waals surface area contributed by atoms with E-state index in [1.54, 1.807) is 0 Å². The van der Waals surface area contributed by atoms with E-state index in [0.29, 0.717) is 29.8 Å². The molecule has 0 aromatic heterocycles. The Kier molecular flexibility index (Phi) is 6.96. The molecule has 172 valence electrons. The van der Waals surface area contributed by atoms with Gasteiger partial charge in [-0.3, -0.25) is 4.79 Å². The van der Waals surface area contributed by atoms with Gasteiger partial charge in [-0.1, -0.05) is 37.9 Å². The van der Waals surface area contributed by atoms with Gasteiger partial charge >= 0.3 is 5.97 Å². The Hall–Kier alpha value is -2.24. The molecule has 0 atom stereocenters. The van der Waals surface area contributed by atoms with Gasteiger partial charge in [0.2, 0.25) is 0 Å². The van der Waals surface area contributed by atoms with Gasteiger partial charge in [-0.2, -0.15) is 0 Å². The number of halogens is 1. The first-order chi connectivity index (χ1) is 15.4. The summed E-state index contributed by atoms with van der Waals surface area (Å²) in [5.41, 5.74) is 3.11. The summed E-state index contributed by atoms with van der Waals surface area (Å²) in [6.07, 6.45) is 4.33. The summed E-state index contributed by atoms with van der Waals surface area (Å²) in [6, 6.07) is 14.2. The maximum Gasteiger partial charge on any atom is 0.314 e. The van der Waals surface area contributed by atoms with E-state index in [-0.39, 0.29) is 0 Å². The molecule has 2 aliphatic rings. The fraction of sp³-hybridized carbons (Fsp3) is 0.500. The number of carboxylic acid groups (broad SMARTS) is 1. The molecule has 1 heterocycles. The van der Waals surface area contributed by atoms with Crippen molar-refractivity contribution in [3.8, 4) is 0 Å². The third-order valence-electron chi connectivity index (χ3n) is 6.79. The molecule has 2 aromatic carbocycles. The van der Waals surface area contributed by atoms with E-state index in [1.807, 2.05) is 30.3 Å². The van der Waals surface area contributed by atoms with Gasteiger partial charge in [-0.15, -0.1) is 0 Å². The van der Waals surface area contributed by atoms with Gasteiger partial charge in [0.05, 0.1) is 16.8 Å². The van der Waals surface area contributed by atoms with Crippen LogP contribution in [0.5, 0.6) is 0 Å². The van der Waals surface area contributed by atoms with Crippen LogP contribution in [0.25, 0.3) is 0 Å². The number of carbonyl (C=O) groups is 1. The third-order valence-corrected chi connectivity index (χ3v) is 7.04. The zero-order chi connectivity index (χ0) is 22.7. The zero-order valence-corrected chi connectivity index (χ0v) is 19.7. The van der Waals surface area contributed by atoms with Gasteiger partial charge in [-0.05, 0) is 73.6 Å². The highest BCUT2D eigenvalue weighted by Crippen LogP contribution is 2.46. The average molecular weight is 457 g/mol. The Morgan fingerprint density at radius 3 is 2.44 bits per heavy atom. The van der Waals surface area contributed by atoms with Crippen LogP contribution in [0.3, 0.4) is 0 Å². The molecule has 32 heavy (non-hydrogen) atoms. The smallest absolute Gasteiger partial charge is 0.314 e. The van der Waals surface area contributed by atoms with Crippen LogP contribution in [0.4, 0.5) is 17.1 Å². The predicted molar refractivity (Wildman–Crippen MR) is 130 cm³/mol. The molecule has 2 aromatic rings. The molecule has 0 radical (unpaired) electrons. The molecule has 0 bridgehead atoms. The van der Waals surface area contributed by atoms with Crippen LogP contribution in [-0.4, -0.2) is 36.9 Å². The third kappa shape index (κ3) is 4.74. The average Bonchev–Trinajstić information content (AvgIpc) is 2.74. The Labute approximate surface area is 195 Å². The first kappa shape index (κ1) is 22.9. The maximum absolute atomic E-state index is 12.2. The molecule has 1 aliphatic carbocycles. The number of aliphatic carboxylic acids is 1. The van der Waals surface area contributed by atoms with Crippen molar-refractivity contribution in [2.75, 3.05) is 30.0 Å². The van der Waals surface area contributed by atoms with Gasteiger partial charge < -0.3 is 20.1 Å². The number of anilines is 3. The predicted octanol–water partition coefficient (Wildman–Crippen LogP) is 6.23. The van der Waals surface area contributed by atoms with Gasteiger partial charge in [0, 0.05) is 36.5 Å². The lowest BCUT2D eigenvalue weighted by atomic mass is 9.64. The van der Waals surface area contributed by atoms with Gasteiger partial charge in [0.15, 0.2) is 0 Å². The quantitative estimate of drug-likeness (QED) is 0.492. The summed E-state index contributed by atoms with van der Waals surface area (Å²) in [5.74, 6) is -0.227. The van der Waals surface area contributed by atoms with E-state index in [9.17, 15) is 9.90 Å². The standard InChI is InChI=1S/C26H33ClN2O3/c1-18(2)17-29(22-10-14-32-15-11-22)24-9-4-19(26(25(30)31)12-3-13-26)16-23(24)28-21-7-5-20(27)6-8-21/h4-9,16,18,22,28H,3,10-15,17H2,1-2H3,(H,30,31). The topological polar surface area (TPSA) is 61.8 Å². The summed E-state index contributed by atoms with van der Waals surface area (Å²) < 4.78 is 5.62. The molecule has 2 fully saturated rings. The van der Waals surface area contributed by atoms with Crippen LogP contribution in [0.1, 0.15) is 51.5 Å². The fourth-order valence-electron chi connectivity index (χ4n) is 4.86. The van der Waals surface area contributed by atoms with E-state index >= 15 is 0 Å². The monoisotopic (exact) mass is 456 g/mol. The van der Waals surface area contributed by atoms with Gasteiger partial charge in [0.1, 0.15) is 0 Å². The fourth-order valence-corrected chi connectivity index (χ4v) is 4.99. The van der Waals surface area contributed by atoms with E-state index in [2.05, 4.69) is 36.2 Å². The van der Waals surface area contributed by atoms with Crippen molar-refractivity contribution in [3.05, 3.63) is 53.1 Å². The number of benzene rings is 2. The maximum atomic E-state index is 12.2. The van der Waals surface area contributed by atoms with E-state index in [1.165, 1.54) is 0 Å². The summed E-state index contributed by atoms with van der Waals surface area (Å²) >= 11 is 6.09. The van der Waals surface area contributed by atoms with Crippen molar-refractivity contribution < 1.29 is 14.6 Å². The lowest BCUT2D eigenvalue weighted by molar-refractivity contribution is -0.147. The van der Waals surface area contributed by atoms with E-state index in [4.69, 9.17) is 16.3 Å².